The molecule has 2 aliphatic heterocycles. The summed E-state index contributed by atoms with van der Waals surface area (Å²) < 4.78 is 0. The summed E-state index contributed by atoms with van der Waals surface area (Å²) in [6, 6.07) is 25.0. The summed E-state index contributed by atoms with van der Waals surface area (Å²) in [6.45, 7) is 9.24. The molecule has 0 spiro atoms. The summed E-state index contributed by atoms with van der Waals surface area (Å²) in [7, 11) is 0. The molecule has 7 aromatic rings. The van der Waals surface area contributed by atoms with Crippen molar-refractivity contribution in [1.29, 1.82) is 0 Å². The van der Waals surface area contributed by atoms with Gasteiger partial charge in [0.25, 0.3) is 0 Å². The van der Waals surface area contributed by atoms with Gasteiger partial charge in [-0.05, 0) is 73.6 Å². The van der Waals surface area contributed by atoms with Crippen LogP contribution < -0.4 is 0 Å². The molecule has 4 N–H and O–H groups in total. The number of fused-ring (bicyclic) bond motifs is 20. The van der Waals surface area contributed by atoms with Crippen LogP contribution in [0, 0.1) is 0 Å². The van der Waals surface area contributed by atoms with Crippen molar-refractivity contribution < 1.29 is 22.5 Å². The number of hydrogen-bond donors (Lipinski definition) is 2. The third-order valence-corrected chi connectivity index (χ3v) is 12.6. The van der Waals surface area contributed by atoms with Gasteiger partial charge in [0.1, 0.15) is 22.6 Å². The van der Waals surface area contributed by atoms with Gasteiger partial charge in [-0.25, -0.2) is 29.9 Å². The molecule has 0 amide bonds. The predicted molar refractivity (Wildman–Crippen MR) is 253 cm³/mol. The Bertz CT molecular complexity index is 2670. The molecule has 9 nitrogen and oxygen atoms in total. The minimum absolute atomic E-state index is 0. The SMILES string of the molecule is CCCCCc1c(CCCCC)c(CCCCC)c2c3nc4nc(nc5[nH]c(nc6nc(nc([nH]3)c2c1CCCCC)-c1ccccc1-6)c1ccccc51)-c1ccccc1-4.O.[Mn]. The molecular weight excluding hydrogens is 808 g/mol. The number of rotatable bonds is 16. The third-order valence-electron chi connectivity index (χ3n) is 12.6. The van der Waals surface area contributed by atoms with Gasteiger partial charge in [-0.1, -0.05) is 152 Å². The van der Waals surface area contributed by atoms with Crippen molar-refractivity contribution in [2.24, 2.45) is 0 Å². The molecule has 3 aromatic heterocycles. The average molecular weight is 868 g/mol. The van der Waals surface area contributed by atoms with Gasteiger partial charge in [-0.3, -0.25) is 0 Å². The minimum atomic E-state index is 0. The van der Waals surface area contributed by atoms with Crippen LogP contribution in [0.25, 0.3) is 89.7 Å². The Kier molecular flexibility index (Phi) is 14.6. The smallest absolute Gasteiger partial charge is 0.164 e. The van der Waals surface area contributed by atoms with Crippen LogP contribution in [0.3, 0.4) is 0 Å². The Labute approximate surface area is 375 Å². The number of H-pyrrole nitrogens is 2. The fraction of sp³-hybridized carbons (Fsp3) is 0.385. The van der Waals surface area contributed by atoms with Crippen molar-refractivity contribution in [2.75, 3.05) is 0 Å². The van der Waals surface area contributed by atoms with Crippen molar-refractivity contribution >= 4 is 44.1 Å². The number of unbranched alkanes of at least 4 members (excludes halogenated alkanes) is 8. The molecule has 2 aliphatic rings. The van der Waals surface area contributed by atoms with Crippen LogP contribution in [0.15, 0.2) is 72.8 Å². The van der Waals surface area contributed by atoms with Crippen LogP contribution >= 0.6 is 0 Å². The predicted octanol–water partition coefficient (Wildman–Crippen LogP) is 13.0. The quantitative estimate of drug-likeness (QED) is 0.0732. The summed E-state index contributed by atoms with van der Waals surface area (Å²) in [6.07, 6.45) is 18.5. The Hall–Kier alpha value is -5.28. The second kappa shape index (κ2) is 20.3. The van der Waals surface area contributed by atoms with E-state index in [0.29, 0.717) is 34.6 Å². The van der Waals surface area contributed by atoms with Crippen LogP contribution in [0.1, 0.15) is 127 Å². The van der Waals surface area contributed by atoms with Gasteiger partial charge in [-0.15, -0.1) is 0 Å². The maximum atomic E-state index is 5.58. The summed E-state index contributed by atoms with van der Waals surface area (Å²) in [4.78, 5) is 39.6. The van der Waals surface area contributed by atoms with E-state index in [0.717, 1.165) is 82.8 Å². The number of aryl methyl sites for hydroxylation is 2. The van der Waals surface area contributed by atoms with Crippen LogP contribution in [0.5, 0.6) is 0 Å². The van der Waals surface area contributed by atoms with Gasteiger partial charge in [-0.2, -0.15) is 0 Å². The van der Waals surface area contributed by atoms with E-state index in [9.17, 15) is 0 Å². The Morgan fingerprint density at radius 3 is 0.984 bits per heavy atom. The molecule has 9 rings (SSSR count). The molecule has 0 atom stereocenters. The fourth-order valence-corrected chi connectivity index (χ4v) is 9.53. The molecule has 10 heteroatoms. The first kappa shape index (κ1) is 44.8. The van der Waals surface area contributed by atoms with Crippen LogP contribution in [-0.4, -0.2) is 45.3 Å². The molecule has 321 valence electrons. The molecule has 5 heterocycles. The molecule has 1 radical (unpaired) electrons. The first-order valence-electron chi connectivity index (χ1n) is 22.9. The van der Waals surface area contributed by atoms with E-state index in [1.165, 1.54) is 86.1 Å². The van der Waals surface area contributed by atoms with Gasteiger partial charge in [0, 0.05) is 60.9 Å². The fourth-order valence-electron chi connectivity index (χ4n) is 9.53. The normalized spacial score (nSPS) is 11.7. The van der Waals surface area contributed by atoms with Crippen LogP contribution in [-0.2, 0) is 42.8 Å². The third kappa shape index (κ3) is 8.57. The summed E-state index contributed by atoms with van der Waals surface area (Å²) in [5, 5.41) is 4.39. The largest absolute Gasteiger partial charge is 0.412 e. The number of nitrogens with zero attached hydrogens (tertiary/aromatic N) is 6. The zero-order chi connectivity index (χ0) is 41.0. The topological polar surface area (TPSA) is 140 Å². The van der Waals surface area contributed by atoms with Gasteiger partial charge >= 0.3 is 0 Å². The molecule has 0 saturated heterocycles. The number of aromatic nitrogens is 8. The van der Waals surface area contributed by atoms with Crippen molar-refractivity contribution in [1.82, 2.24) is 39.9 Å². The number of benzene rings is 4. The van der Waals surface area contributed by atoms with Gasteiger partial charge in [0.15, 0.2) is 23.3 Å². The molecule has 8 bridgehead atoms. The Morgan fingerprint density at radius 1 is 0.355 bits per heavy atom. The molecule has 0 aliphatic carbocycles. The first-order valence-corrected chi connectivity index (χ1v) is 22.9. The van der Waals surface area contributed by atoms with E-state index in [1.807, 2.05) is 12.1 Å². The zero-order valence-electron chi connectivity index (χ0n) is 36.8. The van der Waals surface area contributed by atoms with Gasteiger partial charge in [0.05, 0.1) is 0 Å². The maximum Gasteiger partial charge on any atom is 0.164 e. The van der Waals surface area contributed by atoms with Crippen molar-refractivity contribution in [3.8, 4) is 45.6 Å². The Balaban J connectivity index is 0.00000289. The standard InChI is InChI=1S/C52H58N8.Mn.H2O/c1-5-9-13-23-33-34(24-14-10-6-2)36(26-16-12-8-4)44-43(35(33)25-15-11-7-3)51-58-49-41-31-21-19-29-39(41)47(56-49)54-45-37-27-17-18-28-38(37)46(53-45)55-48-40-30-20-22-32-42(40)50(57-48)59-52(44)60-51;;/h17-22,27-32H,5-16,23-26H2,1-4H3,(H2,53,54,55,56,57,58,59,60);;1H2. The average Bonchev–Trinajstić information content (AvgIpc) is 4.01. The van der Waals surface area contributed by atoms with E-state index >= 15 is 0 Å². The molecule has 0 fully saturated rings. The molecular formula is C52H60MnN8O. The zero-order valence-corrected chi connectivity index (χ0v) is 38.0. The van der Waals surface area contributed by atoms with E-state index in [2.05, 4.69) is 98.3 Å². The van der Waals surface area contributed by atoms with Crippen molar-refractivity contribution in [3.63, 3.8) is 0 Å². The van der Waals surface area contributed by atoms with Crippen LogP contribution in [0.2, 0.25) is 0 Å². The number of hydrogen-bond acceptors (Lipinski definition) is 6. The second-order valence-corrected chi connectivity index (χ2v) is 16.7. The molecule has 62 heavy (non-hydrogen) atoms. The van der Waals surface area contributed by atoms with Crippen molar-refractivity contribution in [2.45, 2.75) is 130 Å². The number of nitrogens with one attached hydrogen (secondary N) is 2. The van der Waals surface area contributed by atoms with E-state index in [4.69, 9.17) is 29.9 Å². The summed E-state index contributed by atoms with van der Waals surface area (Å²) in [5.74, 6) is 2.60. The minimum Gasteiger partial charge on any atom is -0.412 e. The number of aromatic amines is 2. The molecule has 0 unspecified atom stereocenters. The maximum absolute atomic E-state index is 5.58. The van der Waals surface area contributed by atoms with E-state index in [1.54, 1.807) is 11.1 Å². The molecule has 0 saturated carbocycles. The van der Waals surface area contributed by atoms with Gasteiger partial charge in [0.2, 0.25) is 0 Å². The molecule has 4 aromatic carbocycles. The second-order valence-electron chi connectivity index (χ2n) is 16.7. The van der Waals surface area contributed by atoms with Crippen LogP contribution in [0.4, 0.5) is 0 Å². The monoisotopic (exact) mass is 867 g/mol. The Morgan fingerprint density at radius 2 is 0.645 bits per heavy atom. The first-order chi connectivity index (χ1) is 29.6. The van der Waals surface area contributed by atoms with E-state index < -0.39 is 0 Å². The van der Waals surface area contributed by atoms with E-state index in [-0.39, 0.29) is 22.5 Å². The van der Waals surface area contributed by atoms with Crippen molar-refractivity contribution in [3.05, 3.63) is 95.1 Å². The summed E-state index contributed by atoms with van der Waals surface area (Å²) in [5.41, 5.74) is 13.0. The summed E-state index contributed by atoms with van der Waals surface area (Å²) >= 11 is 0. The van der Waals surface area contributed by atoms with Gasteiger partial charge < -0.3 is 15.4 Å².